The van der Waals surface area contributed by atoms with Gasteiger partial charge in [0, 0.05) is 6.61 Å². The maximum Gasteiger partial charge on any atom is 0.414 e. The number of rotatable bonds is 3. The Morgan fingerprint density at radius 2 is 1.54 bits per heavy atom. The molecule has 0 aliphatic rings. The minimum absolute atomic E-state index is 0.403. The van der Waals surface area contributed by atoms with Crippen molar-refractivity contribution in [2.75, 3.05) is 6.61 Å². The van der Waals surface area contributed by atoms with Crippen molar-refractivity contribution in [1.82, 2.24) is 0 Å². The van der Waals surface area contributed by atoms with Gasteiger partial charge in [0.1, 0.15) is 0 Å². The quantitative estimate of drug-likeness (QED) is 0.651. The second-order valence-electron chi connectivity index (χ2n) is 2.30. The Kier molecular flexibility index (Phi) is 4.02. The van der Waals surface area contributed by atoms with Gasteiger partial charge in [-0.05, 0) is 6.92 Å². The predicted molar refractivity (Wildman–Crippen MR) is 32.1 cm³/mol. The van der Waals surface area contributed by atoms with Crippen molar-refractivity contribution in [3.63, 3.8) is 0 Å². The fraction of sp³-hybridized carbons (Fsp3) is 1.00. The standard InChI is InChI=1S/C6H8F6O/c1-2-13-4(6(10,11)12)3-5(7,8)9/h4H,2-3H2,1H3. The first-order valence-corrected chi connectivity index (χ1v) is 3.42. The molecule has 1 atom stereocenters. The smallest absolute Gasteiger partial charge is 0.369 e. The lowest BCUT2D eigenvalue weighted by Crippen LogP contribution is -2.36. The molecular formula is C6H8F6O. The summed E-state index contributed by atoms with van der Waals surface area (Å²) < 4.78 is 74.1. The third-order valence-corrected chi connectivity index (χ3v) is 1.15. The van der Waals surface area contributed by atoms with Crippen LogP contribution in [-0.4, -0.2) is 25.1 Å². The van der Waals surface area contributed by atoms with Crippen molar-refractivity contribution in [3.8, 4) is 0 Å². The van der Waals surface area contributed by atoms with E-state index in [1.165, 1.54) is 6.92 Å². The maximum absolute atomic E-state index is 11.8. The first kappa shape index (κ1) is 12.5. The van der Waals surface area contributed by atoms with Crippen LogP contribution in [0.5, 0.6) is 0 Å². The molecule has 0 saturated heterocycles. The van der Waals surface area contributed by atoms with Crippen LogP contribution in [0.3, 0.4) is 0 Å². The molecule has 1 unspecified atom stereocenters. The maximum atomic E-state index is 11.8. The van der Waals surface area contributed by atoms with E-state index in [-0.39, 0.29) is 0 Å². The normalized spacial score (nSPS) is 15.9. The Balaban J connectivity index is 4.27. The van der Waals surface area contributed by atoms with Gasteiger partial charge in [-0.3, -0.25) is 0 Å². The van der Waals surface area contributed by atoms with Gasteiger partial charge in [0.25, 0.3) is 0 Å². The Bertz CT molecular complexity index is 148. The van der Waals surface area contributed by atoms with Gasteiger partial charge in [-0.1, -0.05) is 0 Å². The van der Waals surface area contributed by atoms with Gasteiger partial charge < -0.3 is 4.74 Å². The monoisotopic (exact) mass is 210 g/mol. The average molecular weight is 210 g/mol. The molecule has 0 aromatic heterocycles. The third-order valence-electron chi connectivity index (χ3n) is 1.15. The van der Waals surface area contributed by atoms with E-state index in [2.05, 4.69) is 4.74 Å². The van der Waals surface area contributed by atoms with Crippen molar-refractivity contribution in [2.24, 2.45) is 0 Å². The van der Waals surface area contributed by atoms with Crippen molar-refractivity contribution in [1.29, 1.82) is 0 Å². The molecule has 0 aromatic rings. The lowest BCUT2D eigenvalue weighted by molar-refractivity contribution is -0.254. The van der Waals surface area contributed by atoms with Crippen molar-refractivity contribution in [3.05, 3.63) is 0 Å². The molecule has 0 amide bonds. The zero-order valence-electron chi connectivity index (χ0n) is 6.67. The molecule has 0 rings (SSSR count). The van der Waals surface area contributed by atoms with Crippen molar-refractivity contribution in [2.45, 2.75) is 31.8 Å². The lowest BCUT2D eigenvalue weighted by Gasteiger charge is -2.21. The van der Waals surface area contributed by atoms with Gasteiger partial charge >= 0.3 is 12.4 Å². The highest BCUT2D eigenvalue weighted by atomic mass is 19.4. The Morgan fingerprint density at radius 3 is 1.77 bits per heavy atom. The molecule has 0 aliphatic carbocycles. The highest BCUT2D eigenvalue weighted by molar-refractivity contribution is 4.71. The number of alkyl halides is 6. The summed E-state index contributed by atoms with van der Waals surface area (Å²) in [4.78, 5) is 0. The van der Waals surface area contributed by atoms with Crippen molar-refractivity contribution < 1.29 is 31.1 Å². The summed E-state index contributed by atoms with van der Waals surface area (Å²) in [5.41, 5.74) is 0. The summed E-state index contributed by atoms with van der Waals surface area (Å²) >= 11 is 0. The molecule has 0 aliphatic heterocycles. The van der Waals surface area contributed by atoms with Crippen LogP contribution in [0.1, 0.15) is 13.3 Å². The molecular weight excluding hydrogens is 202 g/mol. The van der Waals surface area contributed by atoms with Gasteiger partial charge in [0.2, 0.25) is 0 Å². The molecule has 1 nitrogen and oxygen atoms in total. The highest BCUT2D eigenvalue weighted by Gasteiger charge is 2.47. The largest absolute Gasteiger partial charge is 0.414 e. The zero-order chi connectivity index (χ0) is 10.7. The number of ether oxygens (including phenoxy) is 1. The summed E-state index contributed by atoms with van der Waals surface area (Å²) in [6.45, 7) is 0.801. The van der Waals surface area contributed by atoms with Crippen molar-refractivity contribution >= 4 is 0 Å². The van der Waals surface area contributed by atoms with E-state index in [9.17, 15) is 26.3 Å². The molecule has 0 spiro atoms. The topological polar surface area (TPSA) is 9.23 Å². The van der Waals surface area contributed by atoms with Crippen LogP contribution in [0, 0.1) is 0 Å². The molecule has 0 aromatic carbocycles. The van der Waals surface area contributed by atoms with Gasteiger partial charge in [0.05, 0.1) is 6.42 Å². The lowest BCUT2D eigenvalue weighted by atomic mass is 10.2. The summed E-state index contributed by atoms with van der Waals surface area (Å²) in [6.07, 6.45) is -14.6. The Hall–Kier alpha value is -0.460. The van der Waals surface area contributed by atoms with Gasteiger partial charge in [-0.25, -0.2) is 0 Å². The molecule has 0 bridgehead atoms. The molecule has 0 N–H and O–H groups in total. The van der Waals surface area contributed by atoms with E-state index in [4.69, 9.17) is 0 Å². The Morgan fingerprint density at radius 1 is 1.08 bits per heavy atom. The van der Waals surface area contributed by atoms with Crippen LogP contribution >= 0.6 is 0 Å². The molecule has 80 valence electrons. The fourth-order valence-corrected chi connectivity index (χ4v) is 0.681. The first-order valence-electron chi connectivity index (χ1n) is 3.42. The molecule has 13 heavy (non-hydrogen) atoms. The van der Waals surface area contributed by atoms with Crippen LogP contribution in [0.25, 0.3) is 0 Å². The van der Waals surface area contributed by atoms with E-state index in [0.717, 1.165) is 0 Å². The van der Waals surface area contributed by atoms with E-state index in [1.54, 1.807) is 0 Å². The zero-order valence-corrected chi connectivity index (χ0v) is 6.67. The van der Waals surface area contributed by atoms with Crippen LogP contribution in [0.2, 0.25) is 0 Å². The molecule has 0 heterocycles. The SMILES string of the molecule is CCOC(CC(F)(F)F)C(F)(F)F. The summed E-state index contributed by atoms with van der Waals surface area (Å²) in [6, 6.07) is 0. The summed E-state index contributed by atoms with van der Waals surface area (Å²) in [7, 11) is 0. The highest BCUT2D eigenvalue weighted by Crippen LogP contribution is 2.32. The minimum atomic E-state index is -4.97. The van der Waals surface area contributed by atoms with E-state index in [1.807, 2.05) is 0 Å². The van der Waals surface area contributed by atoms with Gasteiger partial charge in [-0.2, -0.15) is 26.3 Å². The first-order chi connectivity index (χ1) is 5.67. The average Bonchev–Trinajstić information content (AvgIpc) is 1.81. The van der Waals surface area contributed by atoms with E-state index < -0.39 is 31.5 Å². The van der Waals surface area contributed by atoms with E-state index >= 15 is 0 Å². The van der Waals surface area contributed by atoms with Crippen LogP contribution in [0.4, 0.5) is 26.3 Å². The van der Waals surface area contributed by atoms with Crippen LogP contribution < -0.4 is 0 Å². The van der Waals surface area contributed by atoms with Gasteiger partial charge in [-0.15, -0.1) is 0 Å². The molecule has 0 fully saturated rings. The second-order valence-corrected chi connectivity index (χ2v) is 2.30. The summed E-state index contributed by atoms with van der Waals surface area (Å²) in [5, 5.41) is 0. The van der Waals surface area contributed by atoms with Gasteiger partial charge in [0.15, 0.2) is 6.10 Å². The van der Waals surface area contributed by atoms with E-state index in [0.29, 0.717) is 0 Å². The van der Waals surface area contributed by atoms with Crippen LogP contribution in [-0.2, 0) is 4.74 Å². The Labute approximate surface area is 70.7 Å². The molecule has 0 saturated carbocycles. The number of hydrogen-bond donors (Lipinski definition) is 0. The second kappa shape index (κ2) is 4.17. The minimum Gasteiger partial charge on any atom is -0.369 e. The van der Waals surface area contributed by atoms with Crippen LogP contribution in [0.15, 0.2) is 0 Å². The molecule has 7 heteroatoms. The molecule has 0 radical (unpaired) electrons. The fourth-order valence-electron chi connectivity index (χ4n) is 0.681. The number of hydrogen-bond acceptors (Lipinski definition) is 1. The predicted octanol–water partition coefficient (Wildman–Crippen LogP) is 2.91. The third kappa shape index (κ3) is 5.73. The summed E-state index contributed by atoms with van der Waals surface area (Å²) in [5.74, 6) is 0. The number of halogens is 6.